The molecule has 2 aromatic rings. The first-order valence-corrected chi connectivity index (χ1v) is 5.98. The molecule has 92 valence electrons. The third-order valence-electron chi connectivity index (χ3n) is 2.34. The highest BCUT2D eigenvalue weighted by molar-refractivity contribution is 7.16. The minimum absolute atomic E-state index is 0.0504. The molecule has 2 rings (SSSR count). The smallest absolute Gasteiger partial charge is 0.118 e. The number of nitrogens with zero attached hydrogens (tertiary/aromatic N) is 2. The molecule has 1 aromatic carbocycles. The average molecular weight is 261 g/mol. The molecule has 0 aliphatic carbocycles. The first-order chi connectivity index (χ1) is 8.61. The Bertz CT molecular complexity index is 602. The Morgan fingerprint density at radius 3 is 2.72 bits per heavy atom. The summed E-state index contributed by atoms with van der Waals surface area (Å²) in [5, 5.41) is 31.0. The van der Waals surface area contributed by atoms with Crippen LogP contribution in [0.25, 0.3) is 0 Å². The van der Waals surface area contributed by atoms with E-state index < -0.39 is 0 Å². The molecule has 6 heteroatoms. The molecule has 0 amide bonds. The second-order valence-electron chi connectivity index (χ2n) is 3.64. The number of nitrogens with one attached hydrogen (secondary N) is 1. The van der Waals surface area contributed by atoms with Crippen LogP contribution in [-0.2, 0) is 0 Å². The van der Waals surface area contributed by atoms with Crippen LogP contribution in [0.1, 0.15) is 10.4 Å². The Hall–Kier alpha value is -2.07. The molecule has 0 saturated heterocycles. The molecule has 0 aliphatic heterocycles. The molecule has 0 atom stereocenters. The summed E-state index contributed by atoms with van der Waals surface area (Å²) in [6.45, 7) is 1.91. The molecule has 0 fully saturated rings. The number of anilines is 3. The van der Waals surface area contributed by atoms with E-state index in [1.807, 2.05) is 6.92 Å². The van der Waals surface area contributed by atoms with E-state index in [9.17, 15) is 0 Å². The van der Waals surface area contributed by atoms with Gasteiger partial charge in [-0.2, -0.15) is 5.26 Å². The van der Waals surface area contributed by atoms with E-state index in [1.165, 1.54) is 11.3 Å². The van der Waals surface area contributed by atoms with Gasteiger partial charge in [0.25, 0.3) is 0 Å². The maximum atomic E-state index is 9.10. The lowest BCUT2D eigenvalue weighted by molar-refractivity contribution is 0.0296. The van der Waals surface area contributed by atoms with Crippen molar-refractivity contribution in [3.8, 4) is 6.07 Å². The van der Waals surface area contributed by atoms with E-state index >= 15 is 0 Å². The SMILES string of the molecule is Cc1cc(C#N)c(Nc2ccccc2N(O)O)s1. The monoisotopic (exact) mass is 261 g/mol. The van der Waals surface area contributed by atoms with Crippen LogP contribution < -0.4 is 10.5 Å². The van der Waals surface area contributed by atoms with Gasteiger partial charge in [-0.1, -0.05) is 12.1 Å². The molecule has 1 heterocycles. The Labute approximate surface area is 108 Å². The van der Waals surface area contributed by atoms with Crippen LogP contribution in [0.15, 0.2) is 30.3 Å². The van der Waals surface area contributed by atoms with E-state index in [0.29, 0.717) is 16.3 Å². The van der Waals surface area contributed by atoms with Crippen LogP contribution in [-0.4, -0.2) is 10.4 Å². The minimum Gasteiger partial charge on any atom is -0.344 e. The summed E-state index contributed by atoms with van der Waals surface area (Å²) in [5.74, 6) is 0. The van der Waals surface area contributed by atoms with Gasteiger partial charge in [-0.3, -0.25) is 10.4 Å². The van der Waals surface area contributed by atoms with E-state index in [2.05, 4.69) is 11.4 Å². The standard InChI is InChI=1S/C12H11N3O2S/c1-8-6-9(7-13)12(18-8)14-10-4-2-3-5-11(10)15(16)17/h2-6,14,16-17H,1H3. The van der Waals surface area contributed by atoms with Gasteiger partial charge in [0, 0.05) is 4.88 Å². The fourth-order valence-electron chi connectivity index (χ4n) is 1.57. The van der Waals surface area contributed by atoms with E-state index in [0.717, 1.165) is 4.88 Å². The summed E-state index contributed by atoms with van der Waals surface area (Å²) in [6.07, 6.45) is 0. The number of nitriles is 1. The highest BCUT2D eigenvalue weighted by Gasteiger charge is 2.11. The van der Waals surface area contributed by atoms with Gasteiger partial charge in [0.15, 0.2) is 0 Å². The molecule has 18 heavy (non-hydrogen) atoms. The topological polar surface area (TPSA) is 79.5 Å². The number of aryl methyl sites for hydroxylation is 1. The largest absolute Gasteiger partial charge is 0.344 e. The van der Waals surface area contributed by atoms with Crippen molar-refractivity contribution in [3.05, 3.63) is 40.8 Å². The first-order valence-electron chi connectivity index (χ1n) is 5.16. The average Bonchev–Trinajstić information content (AvgIpc) is 2.70. The summed E-state index contributed by atoms with van der Waals surface area (Å²) >= 11 is 1.44. The summed E-state index contributed by atoms with van der Waals surface area (Å²) in [6, 6.07) is 10.6. The van der Waals surface area contributed by atoms with E-state index in [1.54, 1.807) is 30.3 Å². The number of benzene rings is 1. The van der Waals surface area contributed by atoms with Gasteiger partial charge in [0.05, 0.1) is 11.3 Å². The number of thiophene rings is 1. The predicted molar refractivity (Wildman–Crippen MR) is 69.5 cm³/mol. The number of hydrogen-bond donors (Lipinski definition) is 3. The minimum atomic E-state index is 0.0504. The third-order valence-corrected chi connectivity index (χ3v) is 3.31. The lowest BCUT2D eigenvalue weighted by Gasteiger charge is -2.14. The van der Waals surface area contributed by atoms with Gasteiger partial charge in [-0.25, -0.2) is 0 Å². The van der Waals surface area contributed by atoms with Crippen molar-refractivity contribution < 1.29 is 10.4 Å². The van der Waals surface area contributed by atoms with Crippen molar-refractivity contribution in [1.29, 1.82) is 5.26 Å². The van der Waals surface area contributed by atoms with Gasteiger partial charge in [-0.05, 0) is 25.1 Å². The van der Waals surface area contributed by atoms with Crippen LogP contribution in [0.2, 0.25) is 0 Å². The summed E-state index contributed by atoms with van der Waals surface area (Å²) in [7, 11) is 0. The molecular weight excluding hydrogens is 250 g/mol. The van der Waals surface area contributed by atoms with Crippen LogP contribution >= 0.6 is 11.3 Å². The summed E-state index contributed by atoms with van der Waals surface area (Å²) in [5.41, 5.74) is 1.27. The quantitative estimate of drug-likeness (QED) is 0.739. The highest BCUT2D eigenvalue weighted by atomic mass is 32.1. The lowest BCUT2D eigenvalue weighted by Crippen LogP contribution is -2.12. The fraction of sp³-hybridized carbons (Fsp3) is 0.0833. The molecule has 0 saturated carbocycles. The number of hydrogen-bond acceptors (Lipinski definition) is 6. The van der Waals surface area contributed by atoms with Gasteiger partial charge in [0.1, 0.15) is 16.8 Å². The third kappa shape index (κ3) is 2.43. The van der Waals surface area contributed by atoms with Crippen molar-refractivity contribution in [2.75, 3.05) is 10.5 Å². The van der Waals surface area contributed by atoms with Crippen molar-refractivity contribution in [2.45, 2.75) is 6.92 Å². The summed E-state index contributed by atoms with van der Waals surface area (Å²) in [4.78, 5) is 1.01. The summed E-state index contributed by atoms with van der Waals surface area (Å²) < 4.78 is 0. The predicted octanol–water partition coefficient (Wildman–Crippen LogP) is 3.26. The van der Waals surface area contributed by atoms with Gasteiger partial charge >= 0.3 is 0 Å². The molecule has 0 unspecified atom stereocenters. The van der Waals surface area contributed by atoms with Crippen LogP contribution in [0.5, 0.6) is 0 Å². The van der Waals surface area contributed by atoms with Gasteiger partial charge < -0.3 is 5.32 Å². The zero-order valence-corrected chi connectivity index (χ0v) is 10.4. The van der Waals surface area contributed by atoms with Crippen molar-refractivity contribution in [2.24, 2.45) is 0 Å². The molecule has 0 radical (unpaired) electrons. The number of rotatable bonds is 3. The zero-order valence-electron chi connectivity index (χ0n) is 9.58. The normalized spacial score (nSPS) is 9.89. The Morgan fingerprint density at radius 1 is 1.33 bits per heavy atom. The highest BCUT2D eigenvalue weighted by Crippen LogP contribution is 2.33. The lowest BCUT2D eigenvalue weighted by atomic mass is 10.2. The van der Waals surface area contributed by atoms with Gasteiger partial charge in [0.2, 0.25) is 0 Å². The molecule has 3 N–H and O–H groups in total. The van der Waals surface area contributed by atoms with Crippen molar-refractivity contribution in [1.82, 2.24) is 0 Å². The number of para-hydroxylation sites is 2. The molecule has 0 spiro atoms. The van der Waals surface area contributed by atoms with Crippen LogP contribution in [0.3, 0.4) is 0 Å². The van der Waals surface area contributed by atoms with Crippen LogP contribution in [0, 0.1) is 18.3 Å². The van der Waals surface area contributed by atoms with E-state index in [-0.39, 0.29) is 10.9 Å². The Morgan fingerprint density at radius 2 is 2.06 bits per heavy atom. The molecule has 0 bridgehead atoms. The van der Waals surface area contributed by atoms with Crippen LogP contribution in [0.4, 0.5) is 16.4 Å². The zero-order chi connectivity index (χ0) is 13.1. The Balaban J connectivity index is 2.37. The molecule has 5 nitrogen and oxygen atoms in total. The van der Waals surface area contributed by atoms with E-state index in [4.69, 9.17) is 15.7 Å². The molecule has 1 aromatic heterocycles. The molecule has 0 aliphatic rings. The first kappa shape index (κ1) is 12.4. The second kappa shape index (κ2) is 5.06. The fourth-order valence-corrected chi connectivity index (χ4v) is 2.44. The second-order valence-corrected chi connectivity index (χ2v) is 4.90. The maximum Gasteiger partial charge on any atom is 0.118 e. The Kier molecular flexibility index (Phi) is 3.48. The maximum absolute atomic E-state index is 9.10. The van der Waals surface area contributed by atoms with Gasteiger partial charge in [-0.15, -0.1) is 16.6 Å². The van der Waals surface area contributed by atoms with Crippen molar-refractivity contribution >= 4 is 27.7 Å². The molecular formula is C12H11N3O2S. The van der Waals surface area contributed by atoms with Crippen molar-refractivity contribution in [3.63, 3.8) is 0 Å².